The molecule has 1 unspecified atom stereocenters. The summed E-state index contributed by atoms with van der Waals surface area (Å²) in [4.78, 5) is 11.3. The number of aliphatic hydroxyl groups is 1. The van der Waals surface area contributed by atoms with Crippen LogP contribution >= 0.6 is 0 Å². The molecule has 0 aromatic rings. The van der Waals surface area contributed by atoms with Crippen molar-refractivity contribution in [2.75, 3.05) is 20.8 Å². The zero-order chi connectivity index (χ0) is 12.8. The summed E-state index contributed by atoms with van der Waals surface area (Å²) in [6.45, 7) is 2.53. The van der Waals surface area contributed by atoms with Gasteiger partial charge in [-0.2, -0.15) is 0 Å². The predicted molar refractivity (Wildman–Crippen MR) is 64.6 cm³/mol. The number of rotatable bonds is 5. The van der Waals surface area contributed by atoms with Gasteiger partial charge in [-0.05, 0) is 24.5 Å². The molecule has 0 heterocycles. The number of ether oxygens (including phenoxy) is 2. The van der Waals surface area contributed by atoms with Gasteiger partial charge in [0.1, 0.15) is 5.76 Å². The minimum absolute atomic E-state index is 0.0294. The standard InChI is InChI=1S/C13H20O4/c1-9-4-5-11(14)7-12(9)10(8-16-2)6-13(15)17-3/h5,7,9-10,14H,4,6,8H2,1-3H3/t9?,10-/m0/s1. The van der Waals surface area contributed by atoms with Crippen LogP contribution in [0.5, 0.6) is 0 Å². The van der Waals surface area contributed by atoms with E-state index in [0.29, 0.717) is 12.5 Å². The second kappa shape index (κ2) is 6.45. The van der Waals surface area contributed by atoms with Gasteiger partial charge in [-0.15, -0.1) is 0 Å². The van der Waals surface area contributed by atoms with Gasteiger partial charge in [-0.1, -0.05) is 12.5 Å². The van der Waals surface area contributed by atoms with Gasteiger partial charge in [0.15, 0.2) is 0 Å². The Kier molecular flexibility index (Phi) is 5.22. The van der Waals surface area contributed by atoms with Crippen molar-refractivity contribution in [3.8, 4) is 0 Å². The molecule has 4 heteroatoms. The van der Waals surface area contributed by atoms with E-state index in [2.05, 4.69) is 11.7 Å². The number of methoxy groups -OCH3 is 2. The lowest BCUT2D eigenvalue weighted by Crippen LogP contribution is -2.22. The molecular weight excluding hydrogens is 220 g/mol. The van der Waals surface area contributed by atoms with E-state index in [1.165, 1.54) is 7.11 Å². The van der Waals surface area contributed by atoms with E-state index in [0.717, 1.165) is 12.0 Å². The Bertz CT molecular complexity index is 330. The van der Waals surface area contributed by atoms with Crippen molar-refractivity contribution < 1.29 is 19.4 Å². The Morgan fingerprint density at radius 1 is 1.59 bits per heavy atom. The van der Waals surface area contributed by atoms with Crippen molar-refractivity contribution in [2.45, 2.75) is 19.8 Å². The van der Waals surface area contributed by atoms with Gasteiger partial charge >= 0.3 is 5.97 Å². The van der Waals surface area contributed by atoms with Gasteiger partial charge in [0.25, 0.3) is 0 Å². The van der Waals surface area contributed by atoms with Gasteiger partial charge in [0, 0.05) is 13.0 Å². The van der Waals surface area contributed by atoms with Crippen LogP contribution in [0.25, 0.3) is 0 Å². The van der Waals surface area contributed by atoms with E-state index >= 15 is 0 Å². The summed E-state index contributed by atoms with van der Waals surface area (Å²) in [5.41, 5.74) is 1.05. The molecule has 0 bridgehead atoms. The molecule has 96 valence electrons. The topological polar surface area (TPSA) is 55.8 Å². The van der Waals surface area contributed by atoms with E-state index < -0.39 is 0 Å². The smallest absolute Gasteiger partial charge is 0.306 e. The molecule has 2 atom stereocenters. The molecule has 0 aromatic carbocycles. The zero-order valence-corrected chi connectivity index (χ0v) is 10.6. The predicted octanol–water partition coefficient (Wildman–Crippen LogP) is 2.22. The quantitative estimate of drug-likeness (QED) is 0.749. The van der Waals surface area contributed by atoms with E-state index in [9.17, 15) is 9.90 Å². The number of carbonyl (C=O) groups excluding carboxylic acids is 1. The van der Waals surface area contributed by atoms with Gasteiger partial charge < -0.3 is 14.6 Å². The van der Waals surface area contributed by atoms with Crippen LogP contribution in [0.1, 0.15) is 19.8 Å². The van der Waals surface area contributed by atoms with E-state index in [1.807, 2.05) is 0 Å². The first-order chi connectivity index (χ1) is 8.08. The summed E-state index contributed by atoms with van der Waals surface area (Å²) in [5.74, 6) is 0.298. The fraction of sp³-hybridized carbons (Fsp3) is 0.615. The van der Waals surface area contributed by atoms with Crippen LogP contribution in [0.2, 0.25) is 0 Å². The molecule has 0 saturated carbocycles. The Labute approximate surface area is 102 Å². The van der Waals surface area contributed by atoms with Crippen molar-refractivity contribution in [3.05, 3.63) is 23.5 Å². The number of hydrogen-bond acceptors (Lipinski definition) is 4. The average Bonchev–Trinajstić information content (AvgIpc) is 2.31. The number of aliphatic hydroxyl groups excluding tert-OH is 1. The van der Waals surface area contributed by atoms with Crippen LogP contribution in [0.4, 0.5) is 0 Å². The molecule has 17 heavy (non-hydrogen) atoms. The first-order valence-corrected chi connectivity index (χ1v) is 5.74. The molecule has 0 aromatic heterocycles. The van der Waals surface area contributed by atoms with Crippen LogP contribution in [0.3, 0.4) is 0 Å². The molecule has 0 fully saturated rings. The number of allylic oxidation sites excluding steroid dienone is 2. The molecule has 0 radical (unpaired) electrons. The fourth-order valence-corrected chi connectivity index (χ4v) is 2.08. The van der Waals surface area contributed by atoms with Gasteiger partial charge in [-0.3, -0.25) is 4.79 Å². The van der Waals surface area contributed by atoms with Gasteiger partial charge in [-0.25, -0.2) is 0 Å². The molecule has 1 aliphatic rings. The molecule has 0 amide bonds. The average molecular weight is 240 g/mol. The van der Waals surface area contributed by atoms with E-state index in [1.54, 1.807) is 19.3 Å². The highest BCUT2D eigenvalue weighted by atomic mass is 16.5. The number of hydrogen-bond donors (Lipinski definition) is 1. The molecule has 4 nitrogen and oxygen atoms in total. The third-order valence-electron chi connectivity index (χ3n) is 3.04. The van der Waals surface area contributed by atoms with Crippen LogP contribution in [0, 0.1) is 11.8 Å². The molecule has 0 spiro atoms. The van der Waals surface area contributed by atoms with E-state index in [-0.39, 0.29) is 24.1 Å². The first kappa shape index (κ1) is 13.8. The van der Waals surface area contributed by atoms with Crippen molar-refractivity contribution in [1.82, 2.24) is 0 Å². The maximum absolute atomic E-state index is 11.3. The lowest BCUT2D eigenvalue weighted by Gasteiger charge is -2.25. The summed E-state index contributed by atoms with van der Waals surface area (Å²) >= 11 is 0. The fourth-order valence-electron chi connectivity index (χ4n) is 2.08. The Balaban J connectivity index is 2.81. The highest BCUT2D eigenvalue weighted by molar-refractivity contribution is 5.70. The molecule has 1 aliphatic carbocycles. The summed E-state index contributed by atoms with van der Waals surface area (Å²) in [7, 11) is 2.98. The largest absolute Gasteiger partial charge is 0.508 e. The van der Waals surface area contributed by atoms with Crippen molar-refractivity contribution in [3.63, 3.8) is 0 Å². The van der Waals surface area contributed by atoms with Gasteiger partial charge in [0.2, 0.25) is 0 Å². The van der Waals surface area contributed by atoms with Gasteiger partial charge in [0.05, 0.1) is 20.1 Å². The van der Waals surface area contributed by atoms with Crippen molar-refractivity contribution >= 4 is 5.97 Å². The minimum Gasteiger partial charge on any atom is -0.508 e. The monoisotopic (exact) mass is 240 g/mol. The highest BCUT2D eigenvalue weighted by Crippen LogP contribution is 2.30. The Morgan fingerprint density at radius 3 is 2.88 bits per heavy atom. The molecule has 1 N–H and O–H groups in total. The zero-order valence-electron chi connectivity index (χ0n) is 10.6. The van der Waals surface area contributed by atoms with Crippen LogP contribution < -0.4 is 0 Å². The molecule has 0 saturated heterocycles. The van der Waals surface area contributed by atoms with Crippen LogP contribution in [0.15, 0.2) is 23.5 Å². The number of esters is 1. The Hall–Kier alpha value is -1.29. The lowest BCUT2D eigenvalue weighted by molar-refractivity contribution is -0.141. The van der Waals surface area contributed by atoms with Crippen molar-refractivity contribution in [1.29, 1.82) is 0 Å². The molecular formula is C13H20O4. The summed E-state index contributed by atoms with van der Waals surface area (Å²) in [6.07, 6.45) is 4.60. The van der Waals surface area contributed by atoms with Crippen LogP contribution in [-0.2, 0) is 14.3 Å². The summed E-state index contributed by atoms with van der Waals surface area (Å²) in [6, 6.07) is 0. The second-order valence-electron chi connectivity index (χ2n) is 4.34. The normalized spacial score (nSPS) is 21.5. The lowest BCUT2D eigenvalue weighted by atomic mass is 9.82. The van der Waals surface area contributed by atoms with Crippen LogP contribution in [-0.4, -0.2) is 31.9 Å². The highest BCUT2D eigenvalue weighted by Gasteiger charge is 2.24. The molecule has 1 rings (SSSR count). The summed E-state index contributed by atoms with van der Waals surface area (Å²) in [5, 5.41) is 9.53. The third kappa shape index (κ3) is 3.89. The van der Waals surface area contributed by atoms with Crippen molar-refractivity contribution in [2.24, 2.45) is 11.8 Å². The number of carbonyl (C=O) groups is 1. The molecule has 0 aliphatic heterocycles. The first-order valence-electron chi connectivity index (χ1n) is 5.74. The Morgan fingerprint density at radius 2 is 2.29 bits per heavy atom. The van der Waals surface area contributed by atoms with E-state index in [4.69, 9.17) is 4.74 Å². The second-order valence-corrected chi connectivity index (χ2v) is 4.34. The minimum atomic E-state index is -0.255. The maximum Gasteiger partial charge on any atom is 0.306 e. The third-order valence-corrected chi connectivity index (χ3v) is 3.04. The maximum atomic E-state index is 11.3. The SMILES string of the molecule is COC[C@H](CC(=O)OC)C1=CC(O)=CCC1C. The summed E-state index contributed by atoms with van der Waals surface area (Å²) < 4.78 is 9.82.